The Hall–Kier alpha value is -1.14. The van der Waals surface area contributed by atoms with Crippen molar-refractivity contribution in [2.45, 2.75) is 12.5 Å². The van der Waals surface area contributed by atoms with Gasteiger partial charge in [-0.15, -0.1) is 0 Å². The van der Waals surface area contributed by atoms with E-state index in [9.17, 15) is 8.42 Å². The zero-order valence-electron chi connectivity index (χ0n) is 9.22. The Bertz CT molecular complexity index is 540. The van der Waals surface area contributed by atoms with Gasteiger partial charge in [-0.1, -0.05) is 24.4 Å². The number of anilines is 1. The topological polar surface area (TPSA) is 72.2 Å². The number of nitrogens with one attached hydrogen (secondary N) is 1. The van der Waals surface area contributed by atoms with E-state index in [0.717, 1.165) is 11.3 Å². The molecule has 1 saturated heterocycles. The van der Waals surface area contributed by atoms with Gasteiger partial charge in [0.25, 0.3) is 0 Å². The molecule has 4 nitrogen and oxygen atoms in total. The first kappa shape index (κ1) is 12.3. The average molecular weight is 270 g/mol. The summed E-state index contributed by atoms with van der Waals surface area (Å²) >= 11 is 4.96. The Morgan fingerprint density at radius 2 is 2.12 bits per heavy atom. The lowest BCUT2D eigenvalue weighted by Gasteiger charge is -2.15. The van der Waals surface area contributed by atoms with Crippen molar-refractivity contribution in [1.29, 1.82) is 0 Å². The van der Waals surface area contributed by atoms with E-state index in [1.807, 2.05) is 24.3 Å². The summed E-state index contributed by atoms with van der Waals surface area (Å²) in [6, 6.07) is 7.36. The van der Waals surface area contributed by atoms with Crippen molar-refractivity contribution in [2.24, 2.45) is 5.73 Å². The predicted octanol–water partition coefficient (Wildman–Crippen LogP) is 0.920. The van der Waals surface area contributed by atoms with Crippen LogP contribution in [0, 0.1) is 0 Å². The van der Waals surface area contributed by atoms with Crippen molar-refractivity contribution < 1.29 is 8.42 Å². The third-order valence-electron chi connectivity index (χ3n) is 2.78. The lowest BCUT2D eigenvalue weighted by Crippen LogP contribution is -2.23. The van der Waals surface area contributed by atoms with Crippen LogP contribution < -0.4 is 11.1 Å². The lowest BCUT2D eigenvalue weighted by atomic mass is 10.1. The summed E-state index contributed by atoms with van der Waals surface area (Å²) in [5, 5.41) is 3.20. The molecule has 17 heavy (non-hydrogen) atoms. The lowest BCUT2D eigenvalue weighted by molar-refractivity contribution is 0.602. The molecule has 1 unspecified atom stereocenters. The molecule has 0 aliphatic carbocycles. The first-order valence-corrected chi connectivity index (χ1v) is 7.57. The first-order chi connectivity index (χ1) is 7.98. The van der Waals surface area contributed by atoms with Gasteiger partial charge in [-0.3, -0.25) is 0 Å². The van der Waals surface area contributed by atoms with Crippen molar-refractivity contribution in [1.82, 2.24) is 0 Å². The molecule has 0 saturated carbocycles. The normalized spacial score (nSPS) is 22.2. The van der Waals surface area contributed by atoms with Crippen LogP contribution in [-0.2, 0) is 9.84 Å². The highest BCUT2D eigenvalue weighted by Crippen LogP contribution is 2.20. The van der Waals surface area contributed by atoms with E-state index in [0.29, 0.717) is 11.4 Å². The van der Waals surface area contributed by atoms with Crippen LogP contribution in [0.5, 0.6) is 0 Å². The number of rotatable bonds is 3. The number of para-hydroxylation sites is 1. The SMILES string of the molecule is NC(=S)c1ccccc1NC1CCS(=O)(=O)C1. The van der Waals surface area contributed by atoms with Crippen molar-refractivity contribution in [2.75, 3.05) is 16.8 Å². The van der Waals surface area contributed by atoms with Gasteiger partial charge in [0.1, 0.15) is 4.99 Å². The molecule has 0 bridgehead atoms. The smallest absolute Gasteiger partial charge is 0.152 e. The number of hydrogen-bond donors (Lipinski definition) is 2. The summed E-state index contributed by atoms with van der Waals surface area (Å²) in [4.78, 5) is 0.314. The molecule has 1 aromatic rings. The molecule has 1 atom stereocenters. The standard InChI is InChI=1S/C11H14N2O2S2/c12-11(16)9-3-1-2-4-10(9)13-8-5-6-17(14,15)7-8/h1-4,8,13H,5-7H2,(H2,12,16). The zero-order valence-corrected chi connectivity index (χ0v) is 10.9. The van der Waals surface area contributed by atoms with Crippen LogP contribution in [0.2, 0.25) is 0 Å². The molecule has 1 heterocycles. The Kier molecular flexibility index (Phi) is 3.35. The van der Waals surface area contributed by atoms with Crippen molar-refractivity contribution >= 4 is 32.7 Å². The highest BCUT2D eigenvalue weighted by Gasteiger charge is 2.28. The largest absolute Gasteiger partial charge is 0.389 e. The molecule has 1 aromatic carbocycles. The first-order valence-electron chi connectivity index (χ1n) is 5.34. The second kappa shape index (κ2) is 4.62. The van der Waals surface area contributed by atoms with Crippen LogP contribution in [0.15, 0.2) is 24.3 Å². The quantitative estimate of drug-likeness (QED) is 0.799. The molecule has 6 heteroatoms. The molecule has 0 amide bonds. The molecule has 0 aromatic heterocycles. The van der Waals surface area contributed by atoms with Gasteiger partial charge in [-0.05, 0) is 18.6 Å². The zero-order chi connectivity index (χ0) is 12.5. The molecule has 1 aliphatic heterocycles. The Morgan fingerprint density at radius 3 is 2.71 bits per heavy atom. The summed E-state index contributed by atoms with van der Waals surface area (Å²) in [5.41, 5.74) is 7.18. The Labute approximate surface area is 106 Å². The number of benzene rings is 1. The minimum absolute atomic E-state index is 0.0458. The Balaban J connectivity index is 2.17. The highest BCUT2D eigenvalue weighted by atomic mass is 32.2. The third-order valence-corrected chi connectivity index (χ3v) is 4.77. The molecule has 0 radical (unpaired) electrons. The summed E-state index contributed by atoms with van der Waals surface area (Å²) in [6.45, 7) is 0. The van der Waals surface area contributed by atoms with Gasteiger partial charge in [0.05, 0.1) is 11.5 Å². The number of hydrogen-bond acceptors (Lipinski definition) is 4. The maximum Gasteiger partial charge on any atom is 0.152 e. The van der Waals surface area contributed by atoms with Gasteiger partial charge in [0.15, 0.2) is 9.84 Å². The van der Waals surface area contributed by atoms with E-state index >= 15 is 0 Å². The van der Waals surface area contributed by atoms with Crippen LogP contribution in [0.4, 0.5) is 5.69 Å². The van der Waals surface area contributed by atoms with Crippen LogP contribution in [0.3, 0.4) is 0 Å². The molecule has 1 fully saturated rings. The monoisotopic (exact) mass is 270 g/mol. The number of thiocarbonyl (C=S) groups is 1. The molecular weight excluding hydrogens is 256 g/mol. The van der Waals surface area contributed by atoms with Gasteiger partial charge >= 0.3 is 0 Å². The molecule has 0 spiro atoms. The van der Waals surface area contributed by atoms with Crippen LogP contribution >= 0.6 is 12.2 Å². The van der Waals surface area contributed by atoms with E-state index < -0.39 is 9.84 Å². The van der Waals surface area contributed by atoms with E-state index in [4.69, 9.17) is 18.0 Å². The maximum atomic E-state index is 11.4. The molecule has 3 N–H and O–H groups in total. The molecule has 1 aliphatic rings. The summed E-state index contributed by atoms with van der Waals surface area (Å²) in [5.74, 6) is 0.429. The minimum Gasteiger partial charge on any atom is -0.389 e. The van der Waals surface area contributed by atoms with Gasteiger partial charge < -0.3 is 11.1 Å². The highest BCUT2D eigenvalue weighted by molar-refractivity contribution is 7.91. The molecular formula is C11H14N2O2S2. The average Bonchev–Trinajstić information content (AvgIpc) is 2.58. The minimum atomic E-state index is -2.88. The van der Waals surface area contributed by atoms with E-state index in [1.54, 1.807) is 0 Å². The fraction of sp³-hybridized carbons (Fsp3) is 0.364. The van der Waals surface area contributed by atoms with E-state index in [-0.39, 0.29) is 17.5 Å². The second-order valence-electron chi connectivity index (χ2n) is 4.15. The molecule has 92 valence electrons. The number of nitrogens with two attached hydrogens (primary N) is 1. The van der Waals surface area contributed by atoms with E-state index in [2.05, 4.69) is 5.32 Å². The summed E-state index contributed by atoms with van der Waals surface area (Å²) in [6.07, 6.45) is 0.633. The fourth-order valence-corrected chi connectivity index (χ4v) is 3.80. The van der Waals surface area contributed by atoms with Crippen molar-refractivity contribution in [3.63, 3.8) is 0 Å². The van der Waals surface area contributed by atoms with Gasteiger partial charge in [-0.25, -0.2) is 8.42 Å². The van der Waals surface area contributed by atoms with Crippen LogP contribution in [-0.4, -0.2) is 31.0 Å². The predicted molar refractivity (Wildman–Crippen MR) is 73.0 cm³/mol. The van der Waals surface area contributed by atoms with Crippen LogP contribution in [0.1, 0.15) is 12.0 Å². The van der Waals surface area contributed by atoms with E-state index in [1.165, 1.54) is 0 Å². The van der Waals surface area contributed by atoms with Gasteiger partial charge in [-0.2, -0.15) is 0 Å². The Morgan fingerprint density at radius 1 is 1.41 bits per heavy atom. The third kappa shape index (κ3) is 2.95. The fourth-order valence-electron chi connectivity index (χ4n) is 1.95. The summed E-state index contributed by atoms with van der Waals surface area (Å²) < 4.78 is 22.7. The summed E-state index contributed by atoms with van der Waals surface area (Å²) in [7, 11) is -2.88. The maximum absolute atomic E-state index is 11.4. The van der Waals surface area contributed by atoms with Crippen molar-refractivity contribution in [3.05, 3.63) is 29.8 Å². The number of sulfone groups is 1. The van der Waals surface area contributed by atoms with Gasteiger partial charge in [0, 0.05) is 17.3 Å². The van der Waals surface area contributed by atoms with Gasteiger partial charge in [0.2, 0.25) is 0 Å². The van der Waals surface area contributed by atoms with Crippen molar-refractivity contribution in [3.8, 4) is 0 Å². The van der Waals surface area contributed by atoms with Crippen LogP contribution in [0.25, 0.3) is 0 Å². The molecule has 2 rings (SSSR count). The second-order valence-corrected chi connectivity index (χ2v) is 6.82.